The standard InChI is InChI=1S/C20H24N2O4S/c1-15-13-16-7-3-4-10-19(16)22(15)20(23)17-8-5-9-18(14-17)27(24,25)21-11-6-12-26-2/h3-5,7-10,14-15,21H,6,11-13H2,1-2H3. The molecule has 3 rings (SSSR count). The SMILES string of the molecule is COCCCNS(=O)(=O)c1cccc(C(=O)N2c3ccccc3CC2C)c1. The highest BCUT2D eigenvalue weighted by molar-refractivity contribution is 7.89. The van der Waals surface area contributed by atoms with E-state index >= 15 is 0 Å². The van der Waals surface area contributed by atoms with Crippen LogP contribution in [0.1, 0.15) is 29.3 Å². The summed E-state index contributed by atoms with van der Waals surface area (Å²) in [4.78, 5) is 14.9. The first-order chi connectivity index (χ1) is 12.9. The van der Waals surface area contributed by atoms with Crippen molar-refractivity contribution in [2.24, 2.45) is 0 Å². The molecule has 2 aromatic rings. The molecule has 1 aliphatic heterocycles. The number of hydrogen-bond acceptors (Lipinski definition) is 4. The van der Waals surface area contributed by atoms with Crippen molar-refractivity contribution >= 4 is 21.6 Å². The number of hydrogen-bond donors (Lipinski definition) is 1. The topological polar surface area (TPSA) is 75.7 Å². The van der Waals surface area contributed by atoms with Crippen molar-refractivity contribution in [3.05, 3.63) is 59.7 Å². The lowest BCUT2D eigenvalue weighted by Crippen LogP contribution is -2.36. The van der Waals surface area contributed by atoms with Gasteiger partial charge in [-0.25, -0.2) is 13.1 Å². The van der Waals surface area contributed by atoms with Crippen molar-refractivity contribution in [1.82, 2.24) is 4.72 Å². The first kappa shape index (κ1) is 19.5. The van der Waals surface area contributed by atoms with Crippen LogP contribution in [0.5, 0.6) is 0 Å². The number of para-hydroxylation sites is 1. The molecule has 6 nitrogen and oxygen atoms in total. The number of nitrogens with zero attached hydrogens (tertiary/aromatic N) is 1. The molecule has 1 N–H and O–H groups in total. The van der Waals surface area contributed by atoms with Crippen LogP contribution in [0, 0.1) is 0 Å². The van der Waals surface area contributed by atoms with E-state index < -0.39 is 10.0 Å². The molecule has 1 unspecified atom stereocenters. The molecule has 1 heterocycles. The van der Waals surface area contributed by atoms with Gasteiger partial charge < -0.3 is 9.64 Å². The Hall–Kier alpha value is -2.22. The largest absolute Gasteiger partial charge is 0.385 e. The van der Waals surface area contributed by atoms with E-state index in [0.29, 0.717) is 18.6 Å². The lowest BCUT2D eigenvalue weighted by molar-refractivity contribution is 0.0981. The summed E-state index contributed by atoms with van der Waals surface area (Å²) in [6, 6.07) is 14.0. The van der Waals surface area contributed by atoms with Gasteiger partial charge in [-0.1, -0.05) is 24.3 Å². The Morgan fingerprint density at radius 2 is 2.00 bits per heavy atom. The molecular formula is C20H24N2O4S. The predicted molar refractivity (Wildman–Crippen MR) is 105 cm³/mol. The molecule has 1 atom stereocenters. The molecule has 7 heteroatoms. The van der Waals surface area contributed by atoms with E-state index in [1.54, 1.807) is 24.1 Å². The van der Waals surface area contributed by atoms with Crippen LogP contribution in [0.3, 0.4) is 0 Å². The summed E-state index contributed by atoms with van der Waals surface area (Å²) >= 11 is 0. The average Bonchev–Trinajstić information content (AvgIpc) is 3.00. The fourth-order valence-corrected chi connectivity index (χ4v) is 4.44. The molecule has 1 amide bonds. The number of sulfonamides is 1. The first-order valence-electron chi connectivity index (χ1n) is 8.94. The van der Waals surface area contributed by atoms with E-state index in [4.69, 9.17) is 4.74 Å². The van der Waals surface area contributed by atoms with E-state index in [1.807, 2.05) is 31.2 Å². The number of fused-ring (bicyclic) bond motifs is 1. The monoisotopic (exact) mass is 388 g/mol. The molecule has 0 aromatic heterocycles. The van der Waals surface area contributed by atoms with Crippen LogP contribution in [0.25, 0.3) is 0 Å². The second kappa shape index (κ2) is 8.21. The number of nitrogens with one attached hydrogen (secondary N) is 1. The third kappa shape index (κ3) is 4.21. The third-order valence-electron chi connectivity index (χ3n) is 4.63. The molecule has 0 spiro atoms. The van der Waals surface area contributed by atoms with Crippen LogP contribution < -0.4 is 9.62 Å². The quantitative estimate of drug-likeness (QED) is 0.740. The highest BCUT2D eigenvalue weighted by Gasteiger charge is 2.31. The van der Waals surface area contributed by atoms with Gasteiger partial charge in [0, 0.05) is 37.6 Å². The Balaban J connectivity index is 1.82. The van der Waals surface area contributed by atoms with Crippen LogP contribution >= 0.6 is 0 Å². The van der Waals surface area contributed by atoms with Gasteiger partial charge in [0.15, 0.2) is 0 Å². The molecule has 27 heavy (non-hydrogen) atoms. The maximum atomic E-state index is 13.1. The van der Waals surface area contributed by atoms with Gasteiger partial charge in [0.2, 0.25) is 10.0 Å². The molecule has 0 fully saturated rings. The smallest absolute Gasteiger partial charge is 0.258 e. The zero-order valence-corrected chi connectivity index (χ0v) is 16.3. The lowest BCUT2D eigenvalue weighted by Gasteiger charge is -2.23. The van der Waals surface area contributed by atoms with Crippen LogP contribution in [0.2, 0.25) is 0 Å². The summed E-state index contributed by atoms with van der Waals surface area (Å²) in [5, 5.41) is 0. The number of anilines is 1. The Morgan fingerprint density at radius 3 is 2.78 bits per heavy atom. The van der Waals surface area contributed by atoms with Crippen molar-refractivity contribution < 1.29 is 17.9 Å². The molecule has 0 aliphatic carbocycles. The van der Waals surface area contributed by atoms with Crippen molar-refractivity contribution in [2.45, 2.75) is 30.7 Å². The third-order valence-corrected chi connectivity index (χ3v) is 6.09. The zero-order chi connectivity index (χ0) is 19.4. The van der Waals surface area contributed by atoms with Crippen LogP contribution in [0.15, 0.2) is 53.4 Å². The zero-order valence-electron chi connectivity index (χ0n) is 15.5. The number of ether oxygens (including phenoxy) is 1. The number of benzene rings is 2. The van der Waals surface area contributed by atoms with E-state index in [9.17, 15) is 13.2 Å². The van der Waals surface area contributed by atoms with E-state index in [1.165, 1.54) is 12.1 Å². The summed E-state index contributed by atoms with van der Waals surface area (Å²) in [5.74, 6) is -0.191. The number of carbonyl (C=O) groups is 1. The van der Waals surface area contributed by atoms with Crippen molar-refractivity contribution in [1.29, 1.82) is 0 Å². The Kier molecular flexibility index (Phi) is 5.94. The van der Waals surface area contributed by atoms with Gasteiger partial charge in [0.1, 0.15) is 0 Å². The summed E-state index contributed by atoms with van der Waals surface area (Å²) in [7, 11) is -2.10. The fraction of sp³-hybridized carbons (Fsp3) is 0.350. The van der Waals surface area contributed by atoms with Crippen molar-refractivity contribution in [3.63, 3.8) is 0 Å². The predicted octanol–water partition coefficient (Wildman–Crippen LogP) is 2.59. The second-order valence-electron chi connectivity index (χ2n) is 6.63. The lowest BCUT2D eigenvalue weighted by atomic mass is 10.1. The number of carbonyl (C=O) groups excluding carboxylic acids is 1. The summed E-state index contributed by atoms with van der Waals surface area (Å²) < 4.78 is 32.4. The van der Waals surface area contributed by atoms with Gasteiger partial charge in [-0.05, 0) is 49.6 Å². The summed E-state index contributed by atoms with van der Waals surface area (Å²) in [5.41, 5.74) is 2.38. The van der Waals surface area contributed by atoms with Crippen LogP contribution in [-0.2, 0) is 21.2 Å². The van der Waals surface area contributed by atoms with Gasteiger partial charge in [-0.15, -0.1) is 0 Å². The van der Waals surface area contributed by atoms with E-state index in [2.05, 4.69) is 4.72 Å². The van der Waals surface area contributed by atoms with Crippen LogP contribution in [0.4, 0.5) is 5.69 Å². The molecule has 0 bridgehead atoms. The molecule has 1 aliphatic rings. The highest BCUT2D eigenvalue weighted by Crippen LogP contribution is 2.33. The molecule has 2 aromatic carbocycles. The second-order valence-corrected chi connectivity index (χ2v) is 8.40. The maximum Gasteiger partial charge on any atom is 0.258 e. The van der Waals surface area contributed by atoms with Gasteiger partial charge in [-0.2, -0.15) is 0 Å². The Morgan fingerprint density at radius 1 is 1.22 bits per heavy atom. The molecule has 0 radical (unpaired) electrons. The summed E-state index contributed by atoms with van der Waals surface area (Å²) in [6.07, 6.45) is 1.37. The van der Waals surface area contributed by atoms with Crippen LogP contribution in [-0.4, -0.2) is 40.6 Å². The van der Waals surface area contributed by atoms with Crippen molar-refractivity contribution in [3.8, 4) is 0 Å². The average molecular weight is 388 g/mol. The van der Waals surface area contributed by atoms with Gasteiger partial charge in [0.05, 0.1) is 4.90 Å². The fourth-order valence-electron chi connectivity index (χ4n) is 3.32. The van der Waals surface area contributed by atoms with E-state index in [-0.39, 0.29) is 23.4 Å². The minimum atomic E-state index is -3.67. The van der Waals surface area contributed by atoms with Gasteiger partial charge in [-0.3, -0.25) is 4.79 Å². The number of rotatable bonds is 7. The number of amides is 1. The minimum Gasteiger partial charge on any atom is -0.385 e. The molecule has 144 valence electrons. The first-order valence-corrected chi connectivity index (χ1v) is 10.4. The Labute approximate surface area is 160 Å². The highest BCUT2D eigenvalue weighted by atomic mass is 32.2. The van der Waals surface area contributed by atoms with E-state index in [0.717, 1.165) is 17.7 Å². The van der Waals surface area contributed by atoms with Gasteiger partial charge in [0.25, 0.3) is 5.91 Å². The van der Waals surface area contributed by atoms with Crippen molar-refractivity contribution in [2.75, 3.05) is 25.2 Å². The minimum absolute atomic E-state index is 0.0299. The number of methoxy groups -OCH3 is 1. The normalized spacial score (nSPS) is 16.4. The Bertz CT molecular complexity index is 927. The van der Waals surface area contributed by atoms with Gasteiger partial charge >= 0.3 is 0 Å². The molecule has 0 saturated carbocycles. The summed E-state index contributed by atoms with van der Waals surface area (Å²) in [6.45, 7) is 2.76. The molecular weight excluding hydrogens is 364 g/mol. The maximum absolute atomic E-state index is 13.1. The molecule has 0 saturated heterocycles.